The Morgan fingerprint density at radius 1 is 1.29 bits per heavy atom. The van der Waals surface area contributed by atoms with Crippen molar-refractivity contribution >= 4 is 17.3 Å². The lowest BCUT2D eigenvalue weighted by Gasteiger charge is -2.32. The molecular weight excluding hydrogens is 305 g/mol. The highest BCUT2D eigenvalue weighted by Gasteiger charge is 2.34. The Bertz CT molecular complexity index is 605. The standard InChI is InChI=1S/C12H11F3N4OS/c13-12(14,15)9-1-2-17-11(18-9)19-4-5-20-8(7-19)10-16-3-6-21-10/h1-3,6,8H,4-5,7H2/t8-/m1/s1. The fourth-order valence-electron chi connectivity index (χ4n) is 2.03. The fourth-order valence-corrected chi connectivity index (χ4v) is 2.71. The van der Waals surface area contributed by atoms with E-state index in [1.165, 1.54) is 11.3 Å². The molecule has 0 aliphatic carbocycles. The largest absolute Gasteiger partial charge is 0.433 e. The van der Waals surface area contributed by atoms with Crippen LogP contribution in [0.15, 0.2) is 23.8 Å². The number of nitrogens with zero attached hydrogens (tertiary/aromatic N) is 4. The van der Waals surface area contributed by atoms with Crippen molar-refractivity contribution in [2.75, 3.05) is 24.6 Å². The van der Waals surface area contributed by atoms with E-state index in [0.29, 0.717) is 19.7 Å². The molecule has 112 valence electrons. The zero-order chi connectivity index (χ0) is 14.9. The number of aromatic nitrogens is 3. The molecule has 1 aliphatic heterocycles. The average molecular weight is 316 g/mol. The summed E-state index contributed by atoms with van der Waals surface area (Å²) in [5.41, 5.74) is -0.940. The van der Waals surface area contributed by atoms with Crippen LogP contribution in [0, 0.1) is 0 Å². The molecule has 1 aliphatic rings. The van der Waals surface area contributed by atoms with Crippen molar-refractivity contribution in [1.82, 2.24) is 15.0 Å². The summed E-state index contributed by atoms with van der Waals surface area (Å²) in [7, 11) is 0. The molecule has 0 spiro atoms. The summed E-state index contributed by atoms with van der Waals surface area (Å²) in [5, 5.41) is 2.63. The maximum atomic E-state index is 12.7. The lowest BCUT2D eigenvalue weighted by atomic mass is 10.3. The number of ether oxygens (including phenoxy) is 1. The van der Waals surface area contributed by atoms with E-state index in [2.05, 4.69) is 15.0 Å². The van der Waals surface area contributed by atoms with Crippen molar-refractivity contribution in [1.29, 1.82) is 0 Å². The van der Waals surface area contributed by atoms with Crippen molar-refractivity contribution in [2.24, 2.45) is 0 Å². The summed E-state index contributed by atoms with van der Waals surface area (Å²) < 4.78 is 43.7. The summed E-state index contributed by atoms with van der Waals surface area (Å²) in [6, 6.07) is 0.863. The fraction of sp³-hybridized carbons (Fsp3) is 0.417. The molecule has 3 heterocycles. The molecule has 1 fully saturated rings. The molecule has 21 heavy (non-hydrogen) atoms. The van der Waals surface area contributed by atoms with E-state index < -0.39 is 11.9 Å². The van der Waals surface area contributed by atoms with Gasteiger partial charge in [-0.2, -0.15) is 13.2 Å². The lowest BCUT2D eigenvalue weighted by Crippen LogP contribution is -2.39. The molecule has 0 amide bonds. The van der Waals surface area contributed by atoms with Crippen LogP contribution >= 0.6 is 11.3 Å². The predicted molar refractivity (Wildman–Crippen MR) is 70.1 cm³/mol. The number of alkyl halides is 3. The summed E-state index contributed by atoms with van der Waals surface area (Å²) in [6.45, 7) is 1.22. The van der Waals surface area contributed by atoms with Crippen LogP contribution in [0.3, 0.4) is 0 Å². The maximum absolute atomic E-state index is 12.7. The van der Waals surface area contributed by atoms with Crippen LogP contribution in [0.4, 0.5) is 19.1 Å². The van der Waals surface area contributed by atoms with Gasteiger partial charge in [-0.05, 0) is 6.07 Å². The number of morpholine rings is 1. The lowest BCUT2D eigenvalue weighted by molar-refractivity contribution is -0.141. The van der Waals surface area contributed by atoms with Gasteiger partial charge in [0.25, 0.3) is 0 Å². The topological polar surface area (TPSA) is 51.1 Å². The van der Waals surface area contributed by atoms with Gasteiger partial charge in [-0.1, -0.05) is 0 Å². The van der Waals surface area contributed by atoms with Gasteiger partial charge in [0, 0.05) is 24.3 Å². The number of thiazole rings is 1. The van der Waals surface area contributed by atoms with E-state index in [1.54, 1.807) is 11.1 Å². The first-order valence-corrected chi connectivity index (χ1v) is 7.08. The van der Waals surface area contributed by atoms with Gasteiger partial charge < -0.3 is 9.64 Å². The highest BCUT2D eigenvalue weighted by atomic mass is 32.1. The molecule has 2 aromatic heterocycles. The molecule has 3 rings (SSSR count). The Morgan fingerprint density at radius 3 is 2.86 bits per heavy atom. The van der Waals surface area contributed by atoms with Gasteiger partial charge in [0.2, 0.25) is 5.95 Å². The summed E-state index contributed by atoms with van der Waals surface area (Å²) >= 11 is 1.45. The number of rotatable bonds is 2. The quantitative estimate of drug-likeness (QED) is 0.852. The first kappa shape index (κ1) is 14.2. The Labute approximate surface area is 122 Å². The molecule has 1 atom stereocenters. The molecule has 5 nitrogen and oxygen atoms in total. The van der Waals surface area contributed by atoms with Crippen LogP contribution in [0.5, 0.6) is 0 Å². The highest BCUT2D eigenvalue weighted by molar-refractivity contribution is 7.09. The third kappa shape index (κ3) is 3.13. The SMILES string of the molecule is FC(F)(F)c1ccnc(N2CCO[C@@H](c3nccs3)C2)n1. The normalized spacial score (nSPS) is 19.8. The second-order valence-corrected chi connectivity index (χ2v) is 5.34. The van der Waals surface area contributed by atoms with Crippen molar-refractivity contribution in [2.45, 2.75) is 12.3 Å². The van der Waals surface area contributed by atoms with E-state index in [-0.39, 0.29) is 12.1 Å². The van der Waals surface area contributed by atoms with E-state index in [9.17, 15) is 13.2 Å². The predicted octanol–water partition coefficient (Wildman–Crippen LogP) is 2.53. The minimum atomic E-state index is -4.47. The minimum absolute atomic E-state index is 0.0645. The zero-order valence-electron chi connectivity index (χ0n) is 10.7. The number of halogens is 3. The maximum Gasteiger partial charge on any atom is 0.433 e. The highest BCUT2D eigenvalue weighted by Crippen LogP contribution is 2.30. The van der Waals surface area contributed by atoms with E-state index >= 15 is 0 Å². The Kier molecular flexibility index (Phi) is 3.77. The van der Waals surface area contributed by atoms with E-state index in [4.69, 9.17) is 4.74 Å². The van der Waals surface area contributed by atoms with Crippen LogP contribution in [0.2, 0.25) is 0 Å². The van der Waals surface area contributed by atoms with Crippen molar-refractivity contribution in [3.63, 3.8) is 0 Å². The van der Waals surface area contributed by atoms with Crippen LogP contribution in [0.1, 0.15) is 16.8 Å². The Morgan fingerprint density at radius 2 is 2.14 bits per heavy atom. The van der Waals surface area contributed by atoms with E-state index in [1.807, 2.05) is 5.38 Å². The minimum Gasteiger partial charge on any atom is -0.367 e. The molecule has 0 unspecified atom stereocenters. The summed E-state index contributed by atoms with van der Waals surface area (Å²) in [6.07, 6.45) is -1.95. The molecule has 0 bridgehead atoms. The van der Waals surface area contributed by atoms with Crippen LogP contribution in [0.25, 0.3) is 0 Å². The second-order valence-electron chi connectivity index (χ2n) is 4.42. The first-order valence-electron chi connectivity index (χ1n) is 6.20. The van der Waals surface area contributed by atoms with Gasteiger partial charge in [0.15, 0.2) is 0 Å². The third-order valence-electron chi connectivity index (χ3n) is 3.01. The molecule has 0 saturated carbocycles. The molecule has 9 heteroatoms. The van der Waals surface area contributed by atoms with Crippen molar-refractivity contribution < 1.29 is 17.9 Å². The summed E-state index contributed by atoms with van der Waals surface area (Å²) in [4.78, 5) is 13.4. The van der Waals surface area contributed by atoms with Crippen LogP contribution in [-0.4, -0.2) is 34.6 Å². The molecular formula is C12H11F3N4OS. The molecule has 0 radical (unpaired) electrons. The van der Waals surface area contributed by atoms with Crippen LogP contribution < -0.4 is 4.90 Å². The molecule has 1 saturated heterocycles. The number of anilines is 1. The number of hydrogen-bond donors (Lipinski definition) is 0. The van der Waals surface area contributed by atoms with Crippen molar-refractivity contribution in [3.05, 3.63) is 34.5 Å². The molecule has 0 N–H and O–H groups in total. The molecule has 2 aromatic rings. The third-order valence-corrected chi connectivity index (χ3v) is 3.88. The Balaban J connectivity index is 1.80. The van der Waals surface area contributed by atoms with E-state index in [0.717, 1.165) is 17.3 Å². The van der Waals surface area contributed by atoms with Crippen LogP contribution in [-0.2, 0) is 10.9 Å². The van der Waals surface area contributed by atoms with Gasteiger partial charge in [-0.25, -0.2) is 15.0 Å². The van der Waals surface area contributed by atoms with Gasteiger partial charge in [-0.3, -0.25) is 0 Å². The van der Waals surface area contributed by atoms with Crippen molar-refractivity contribution in [3.8, 4) is 0 Å². The average Bonchev–Trinajstić information content (AvgIpc) is 3.01. The smallest absolute Gasteiger partial charge is 0.367 e. The van der Waals surface area contributed by atoms with Gasteiger partial charge in [-0.15, -0.1) is 11.3 Å². The summed E-state index contributed by atoms with van der Waals surface area (Å²) in [5.74, 6) is 0.0645. The Hall–Kier alpha value is -1.74. The van der Waals surface area contributed by atoms with Gasteiger partial charge in [0.05, 0.1) is 13.2 Å². The van der Waals surface area contributed by atoms with Gasteiger partial charge in [0.1, 0.15) is 16.8 Å². The second kappa shape index (κ2) is 5.57. The molecule has 0 aromatic carbocycles. The zero-order valence-corrected chi connectivity index (χ0v) is 11.6. The monoisotopic (exact) mass is 316 g/mol. The van der Waals surface area contributed by atoms with Gasteiger partial charge >= 0.3 is 6.18 Å². The first-order chi connectivity index (χ1) is 10.0. The number of hydrogen-bond acceptors (Lipinski definition) is 6.